The minimum absolute atomic E-state index is 0.0518. The molecule has 0 N–H and O–H groups in total. The van der Waals surface area contributed by atoms with Crippen molar-refractivity contribution in [1.29, 1.82) is 0 Å². The SMILES string of the molecule is COc1ccc(C2CN(C=O)Cc3cc(OC)c(OC)cc32)cc1Br. The van der Waals surface area contributed by atoms with E-state index in [1.165, 1.54) is 0 Å². The molecule has 0 bridgehead atoms. The fourth-order valence-corrected chi connectivity index (χ4v) is 3.84. The van der Waals surface area contributed by atoms with E-state index in [0.717, 1.165) is 33.3 Å². The quantitative estimate of drug-likeness (QED) is 0.713. The molecule has 2 aromatic rings. The van der Waals surface area contributed by atoms with E-state index < -0.39 is 0 Å². The molecule has 0 saturated carbocycles. The number of hydrogen-bond donors (Lipinski definition) is 0. The molecule has 1 aliphatic rings. The molecule has 3 rings (SSSR count). The number of benzene rings is 2. The highest BCUT2D eigenvalue weighted by molar-refractivity contribution is 9.10. The molecule has 1 amide bonds. The van der Waals surface area contributed by atoms with Crippen molar-refractivity contribution in [2.45, 2.75) is 12.5 Å². The van der Waals surface area contributed by atoms with Crippen molar-refractivity contribution in [2.75, 3.05) is 27.9 Å². The van der Waals surface area contributed by atoms with Crippen LogP contribution in [0.5, 0.6) is 17.2 Å². The summed E-state index contributed by atoms with van der Waals surface area (Å²) in [5.41, 5.74) is 3.31. The van der Waals surface area contributed by atoms with Gasteiger partial charge in [0.15, 0.2) is 11.5 Å². The van der Waals surface area contributed by atoms with E-state index in [9.17, 15) is 4.79 Å². The van der Waals surface area contributed by atoms with Gasteiger partial charge in [0, 0.05) is 19.0 Å². The van der Waals surface area contributed by atoms with Crippen LogP contribution in [0.1, 0.15) is 22.6 Å². The third-order valence-corrected chi connectivity index (χ3v) is 5.16. The number of carbonyl (C=O) groups is 1. The summed E-state index contributed by atoms with van der Waals surface area (Å²) in [5, 5.41) is 0. The fourth-order valence-electron chi connectivity index (χ4n) is 3.28. The van der Waals surface area contributed by atoms with Crippen LogP contribution in [-0.4, -0.2) is 39.2 Å². The molecule has 1 atom stereocenters. The number of amides is 1. The van der Waals surface area contributed by atoms with E-state index in [-0.39, 0.29) is 5.92 Å². The van der Waals surface area contributed by atoms with Gasteiger partial charge in [0.05, 0.1) is 25.8 Å². The Kier molecular flexibility index (Phi) is 5.18. The Hall–Kier alpha value is -2.21. The fraction of sp³-hybridized carbons (Fsp3) is 0.316. The first-order valence-corrected chi connectivity index (χ1v) is 8.68. The first-order chi connectivity index (χ1) is 12.1. The molecule has 132 valence electrons. The molecule has 2 aromatic carbocycles. The average Bonchev–Trinajstić information content (AvgIpc) is 2.65. The van der Waals surface area contributed by atoms with Crippen molar-refractivity contribution in [3.8, 4) is 17.2 Å². The Morgan fingerprint density at radius 2 is 1.72 bits per heavy atom. The third-order valence-electron chi connectivity index (χ3n) is 4.54. The number of ether oxygens (including phenoxy) is 3. The van der Waals surface area contributed by atoms with Crippen LogP contribution < -0.4 is 14.2 Å². The van der Waals surface area contributed by atoms with Crippen molar-refractivity contribution < 1.29 is 19.0 Å². The van der Waals surface area contributed by atoms with E-state index in [1.54, 1.807) is 26.2 Å². The number of hydrogen-bond acceptors (Lipinski definition) is 4. The first kappa shape index (κ1) is 17.6. The van der Waals surface area contributed by atoms with Crippen LogP contribution in [0.4, 0.5) is 0 Å². The molecule has 0 fully saturated rings. The van der Waals surface area contributed by atoms with Crippen LogP contribution in [0.3, 0.4) is 0 Å². The second kappa shape index (κ2) is 7.35. The van der Waals surface area contributed by atoms with Crippen molar-refractivity contribution in [3.05, 3.63) is 51.5 Å². The number of rotatable bonds is 5. The largest absolute Gasteiger partial charge is 0.496 e. The zero-order valence-electron chi connectivity index (χ0n) is 14.4. The van der Waals surface area contributed by atoms with Gasteiger partial charge >= 0.3 is 0 Å². The van der Waals surface area contributed by atoms with Gasteiger partial charge in [0.2, 0.25) is 6.41 Å². The summed E-state index contributed by atoms with van der Waals surface area (Å²) >= 11 is 3.54. The normalized spacial score (nSPS) is 16.2. The van der Waals surface area contributed by atoms with Crippen LogP contribution in [0.15, 0.2) is 34.8 Å². The lowest BCUT2D eigenvalue weighted by molar-refractivity contribution is -0.119. The van der Waals surface area contributed by atoms with Crippen molar-refractivity contribution >= 4 is 22.3 Å². The summed E-state index contributed by atoms with van der Waals surface area (Å²) in [6.07, 6.45) is 0.894. The van der Waals surface area contributed by atoms with E-state index >= 15 is 0 Å². The van der Waals surface area contributed by atoms with Gasteiger partial charge in [-0.2, -0.15) is 0 Å². The highest BCUT2D eigenvalue weighted by Crippen LogP contribution is 2.41. The monoisotopic (exact) mass is 405 g/mol. The van der Waals surface area contributed by atoms with Gasteiger partial charge in [-0.05, 0) is 56.9 Å². The van der Waals surface area contributed by atoms with Crippen LogP contribution in [0.25, 0.3) is 0 Å². The smallest absolute Gasteiger partial charge is 0.210 e. The lowest BCUT2D eigenvalue weighted by Crippen LogP contribution is -2.33. The molecule has 0 saturated heterocycles. The highest BCUT2D eigenvalue weighted by atomic mass is 79.9. The van der Waals surface area contributed by atoms with Crippen LogP contribution in [0, 0.1) is 0 Å². The van der Waals surface area contributed by atoms with Crippen molar-refractivity contribution in [3.63, 3.8) is 0 Å². The molecule has 6 heteroatoms. The Bertz CT molecular complexity index is 793. The second-order valence-electron chi connectivity index (χ2n) is 5.89. The van der Waals surface area contributed by atoms with Gasteiger partial charge in [0.25, 0.3) is 0 Å². The zero-order chi connectivity index (χ0) is 18.0. The van der Waals surface area contributed by atoms with Crippen molar-refractivity contribution in [1.82, 2.24) is 4.90 Å². The molecule has 0 aromatic heterocycles. The number of carbonyl (C=O) groups excluding carboxylic acids is 1. The predicted octanol–water partition coefficient (Wildman–Crippen LogP) is 3.58. The van der Waals surface area contributed by atoms with Crippen LogP contribution >= 0.6 is 15.9 Å². The Morgan fingerprint density at radius 3 is 2.32 bits per heavy atom. The number of fused-ring (bicyclic) bond motifs is 1. The molecule has 0 aliphatic carbocycles. The summed E-state index contributed by atoms with van der Waals surface area (Å²) < 4.78 is 17.1. The maximum Gasteiger partial charge on any atom is 0.210 e. The van der Waals surface area contributed by atoms with E-state index in [2.05, 4.69) is 15.9 Å². The van der Waals surface area contributed by atoms with E-state index in [0.29, 0.717) is 24.6 Å². The summed E-state index contributed by atoms with van der Waals surface area (Å²) in [7, 11) is 4.88. The van der Waals surface area contributed by atoms with Gasteiger partial charge < -0.3 is 19.1 Å². The lowest BCUT2D eigenvalue weighted by Gasteiger charge is -2.33. The van der Waals surface area contributed by atoms with Gasteiger partial charge in [-0.25, -0.2) is 0 Å². The van der Waals surface area contributed by atoms with E-state index in [4.69, 9.17) is 14.2 Å². The van der Waals surface area contributed by atoms with Crippen molar-refractivity contribution in [2.24, 2.45) is 0 Å². The van der Waals surface area contributed by atoms with Crippen LogP contribution in [-0.2, 0) is 11.3 Å². The molecule has 1 heterocycles. The molecule has 0 spiro atoms. The maximum absolute atomic E-state index is 11.4. The summed E-state index contributed by atoms with van der Waals surface area (Å²) in [4.78, 5) is 13.2. The standard InChI is InChI=1S/C19H20BrNO4/c1-23-17-5-4-12(6-16(17)20)15-10-21(11-22)9-13-7-18(24-2)19(25-3)8-14(13)15/h4-8,11,15H,9-10H2,1-3H3. The molecule has 1 unspecified atom stereocenters. The average molecular weight is 406 g/mol. The maximum atomic E-state index is 11.4. The second-order valence-corrected chi connectivity index (χ2v) is 6.74. The minimum atomic E-state index is 0.0518. The van der Waals surface area contributed by atoms with Gasteiger partial charge in [-0.1, -0.05) is 6.07 Å². The van der Waals surface area contributed by atoms with Gasteiger partial charge in [0.1, 0.15) is 5.75 Å². The predicted molar refractivity (Wildman–Crippen MR) is 98.6 cm³/mol. The molecular formula is C19H20BrNO4. The summed E-state index contributed by atoms with van der Waals surface area (Å²) in [6.45, 7) is 1.18. The lowest BCUT2D eigenvalue weighted by atomic mass is 9.84. The zero-order valence-corrected chi connectivity index (χ0v) is 16.0. The number of methoxy groups -OCH3 is 3. The number of nitrogens with zero attached hydrogens (tertiary/aromatic N) is 1. The van der Waals surface area contributed by atoms with Crippen LogP contribution in [0.2, 0.25) is 0 Å². The Balaban J connectivity index is 2.11. The summed E-state index contributed by atoms with van der Waals surface area (Å²) in [6, 6.07) is 9.97. The Labute approximate surface area is 155 Å². The van der Waals surface area contributed by atoms with Gasteiger partial charge in [-0.15, -0.1) is 0 Å². The Morgan fingerprint density at radius 1 is 1.04 bits per heavy atom. The molecule has 0 radical (unpaired) electrons. The third kappa shape index (κ3) is 3.31. The molecule has 1 aliphatic heterocycles. The highest BCUT2D eigenvalue weighted by Gasteiger charge is 2.28. The minimum Gasteiger partial charge on any atom is -0.496 e. The summed E-state index contributed by atoms with van der Waals surface area (Å²) in [5.74, 6) is 2.19. The molecule has 25 heavy (non-hydrogen) atoms. The topological polar surface area (TPSA) is 48.0 Å². The van der Waals surface area contributed by atoms with Gasteiger partial charge in [-0.3, -0.25) is 4.79 Å². The molecule has 5 nitrogen and oxygen atoms in total. The number of halogens is 1. The molecular weight excluding hydrogens is 386 g/mol. The van der Waals surface area contributed by atoms with E-state index in [1.807, 2.05) is 30.3 Å². The first-order valence-electron chi connectivity index (χ1n) is 7.88.